The Morgan fingerprint density at radius 1 is 1.11 bits per heavy atom. The fraction of sp³-hybridized carbons (Fsp3) is 0.188. The Bertz CT molecular complexity index is 954. The van der Waals surface area contributed by atoms with Crippen LogP contribution in [0.1, 0.15) is 12.0 Å². The topological polar surface area (TPSA) is 109 Å². The lowest BCUT2D eigenvalue weighted by molar-refractivity contribution is -0.136. The summed E-state index contributed by atoms with van der Waals surface area (Å²) in [5.74, 6) is -6.36. The quantitative estimate of drug-likeness (QED) is 0.448. The molecule has 0 heterocycles. The lowest BCUT2D eigenvalue weighted by atomic mass is 10.2. The highest BCUT2D eigenvalue weighted by atomic mass is 32.2. The molecule has 2 aromatic carbocycles. The third-order valence-corrected chi connectivity index (χ3v) is 5.40. The summed E-state index contributed by atoms with van der Waals surface area (Å²) in [5, 5.41) is 16.0. The third-order valence-electron chi connectivity index (χ3n) is 3.40. The molecule has 0 aliphatic rings. The fourth-order valence-electron chi connectivity index (χ4n) is 2.20. The van der Waals surface area contributed by atoms with Crippen LogP contribution >= 0.6 is 11.8 Å². The molecule has 0 unspecified atom stereocenters. The van der Waals surface area contributed by atoms with E-state index in [2.05, 4.69) is 5.32 Å². The summed E-state index contributed by atoms with van der Waals surface area (Å²) in [6, 6.07) is 8.42. The summed E-state index contributed by atoms with van der Waals surface area (Å²) in [5.41, 5.74) is -0.180. The predicted molar refractivity (Wildman–Crippen MR) is 94.4 cm³/mol. The first kappa shape index (κ1) is 21.1. The Kier molecular flexibility index (Phi) is 6.73. The molecule has 6 nitrogen and oxygen atoms in total. The number of rotatable bonds is 8. The number of carbonyl (C=O) groups is 1. The number of benzene rings is 2. The van der Waals surface area contributed by atoms with Crippen molar-refractivity contribution in [3.05, 3.63) is 53.3 Å². The van der Waals surface area contributed by atoms with E-state index in [4.69, 9.17) is 10.2 Å². The van der Waals surface area contributed by atoms with Crippen LogP contribution in [0, 0.1) is 17.5 Å². The van der Waals surface area contributed by atoms with Gasteiger partial charge in [0.15, 0.2) is 17.5 Å². The smallest absolute Gasteiger partial charge is 0.304 e. The monoisotopic (exact) mass is 420 g/mol. The molecule has 0 saturated carbocycles. The van der Waals surface area contributed by atoms with Gasteiger partial charge in [-0.3, -0.25) is 4.79 Å². The SMILES string of the molecule is NS(=O)(=O)c1c(F)c(F)c(SCCC(=O)O)c(F)c1NCc1ccccc1. The van der Waals surface area contributed by atoms with Crippen LogP contribution in [0.25, 0.3) is 0 Å². The molecule has 0 saturated heterocycles. The van der Waals surface area contributed by atoms with Crippen molar-refractivity contribution in [3.8, 4) is 0 Å². The zero-order valence-electron chi connectivity index (χ0n) is 13.7. The number of hydrogen-bond acceptors (Lipinski definition) is 5. The number of halogens is 3. The van der Waals surface area contributed by atoms with Crippen LogP contribution in [0.5, 0.6) is 0 Å². The Balaban J connectivity index is 2.49. The summed E-state index contributed by atoms with van der Waals surface area (Å²) in [4.78, 5) is 8.41. The number of carboxylic acids is 1. The van der Waals surface area contributed by atoms with Gasteiger partial charge in [0.05, 0.1) is 17.0 Å². The van der Waals surface area contributed by atoms with E-state index in [1.165, 1.54) is 0 Å². The molecule has 146 valence electrons. The second-order valence-corrected chi connectivity index (χ2v) is 7.95. The first-order valence-corrected chi connectivity index (χ1v) is 10.0. The molecule has 0 atom stereocenters. The molecule has 27 heavy (non-hydrogen) atoms. The van der Waals surface area contributed by atoms with Crippen LogP contribution < -0.4 is 10.5 Å². The average Bonchev–Trinajstić information content (AvgIpc) is 2.59. The number of thioether (sulfide) groups is 1. The minimum absolute atomic E-state index is 0.0788. The Morgan fingerprint density at radius 3 is 2.30 bits per heavy atom. The van der Waals surface area contributed by atoms with Crippen molar-refractivity contribution in [2.45, 2.75) is 22.8 Å². The fourth-order valence-corrected chi connectivity index (χ4v) is 3.91. The molecule has 0 fully saturated rings. The van der Waals surface area contributed by atoms with Crippen LogP contribution in [0.2, 0.25) is 0 Å². The van der Waals surface area contributed by atoms with Gasteiger partial charge in [-0.05, 0) is 5.56 Å². The van der Waals surface area contributed by atoms with E-state index in [-0.39, 0.29) is 12.3 Å². The van der Waals surface area contributed by atoms with Gasteiger partial charge in [0.2, 0.25) is 10.0 Å². The van der Waals surface area contributed by atoms with Crippen molar-refractivity contribution in [2.24, 2.45) is 5.14 Å². The summed E-state index contributed by atoms with van der Waals surface area (Å²) in [6.45, 7) is -0.0788. The number of primary sulfonamides is 1. The van der Waals surface area contributed by atoms with Crippen LogP contribution in [0.4, 0.5) is 18.9 Å². The van der Waals surface area contributed by atoms with Crippen molar-refractivity contribution >= 4 is 33.4 Å². The maximum absolute atomic E-state index is 14.8. The van der Waals surface area contributed by atoms with E-state index < -0.39 is 55.3 Å². The van der Waals surface area contributed by atoms with Gasteiger partial charge in [0.1, 0.15) is 4.90 Å². The highest BCUT2D eigenvalue weighted by Crippen LogP contribution is 2.37. The van der Waals surface area contributed by atoms with Gasteiger partial charge in [-0.1, -0.05) is 30.3 Å². The Hall–Kier alpha value is -2.24. The van der Waals surface area contributed by atoms with Crippen molar-refractivity contribution in [1.29, 1.82) is 0 Å². The van der Waals surface area contributed by atoms with E-state index in [0.29, 0.717) is 17.3 Å². The minimum atomic E-state index is -4.79. The summed E-state index contributed by atoms with van der Waals surface area (Å²) >= 11 is 0.425. The van der Waals surface area contributed by atoms with Crippen molar-refractivity contribution in [2.75, 3.05) is 11.1 Å². The maximum Gasteiger partial charge on any atom is 0.304 e. The Morgan fingerprint density at radius 2 is 1.74 bits per heavy atom. The average molecular weight is 420 g/mol. The van der Waals surface area contributed by atoms with Crippen molar-refractivity contribution in [3.63, 3.8) is 0 Å². The van der Waals surface area contributed by atoms with Gasteiger partial charge in [0, 0.05) is 12.3 Å². The molecule has 0 aliphatic heterocycles. The highest BCUT2D eigenvalue weighted by Gasteiger charge is 2.31. The zero-order valence-corrected chi connectivity index (χ0v) is 15.3. The molecule has 0 bridgehead atoms. The maximum atomic E-state index is 14.8. The van der Waals surface area contributed by atoms with Gasteiger partial charge in [-0.2, -0.15) is 0 Å². The largest absolute Gasteiger partial charge is 0.481 e. The lowest BCUT2D eigenvalue weighted by Crippen LogP contribution is -2.20. The van der Waals surface area contributed by atoms with Crippen LogP contribution in [0.3, 0.4) is 0 Å². The van der Waals surface area contributed by atoms with E-state index >= 15 is 0 Å². The minimum Gasteiger partial charge on any atom is -0.481 e. The first-order chi connectivity index (χ1) is 12.6. The van der Waals surface area contributed by atoms with Crippen molar-refractivity contribution < 1.29 is 31.5 Å². The van der Waals surface area contributed by atoms with Crippen LogP contribution in [0.15, 0.2) is 40.1 Å². The second-order valence-electron chi connectivity index (χ2n) is 5.35. The van der Waals surface area contributed by atoms with Gasteiger partial charge in [-0.25, -0.2) is 26.7 Å². The zero-order chi connectivity index (χ0) is 20.2. The van der Waals surface area contributed by atoms with E-state index in [0.717, 1.165) is 0 Å². The number of nitrogens with one attached hydrogen (secondary N) is 1. The van der Waals surface area contributed by atoms with E-state index in [1.807, 2.05) is 0 Å². The van der Waals surface area contributed by atoms with Crippen molar-refractivity contribution in [1.82, 2.24) is 0 Å². The van der Waals surface area contributed by atoms with E-state index in [9.17, 15) is 26.4 Å². The number of aliphatic carboxylic acids is 1. The van der Waals surface area contributed by atoms with Gasteiger partial charge < -0.3 is 10.4 Å². The molecule has 4 N–H and O–H groups in total. The molecule has 11 heteroatoms. The van der Waals surface area contributed by atoms with Gasteiger partial charge in [0.25, 0.3) is 0 Å². The third kappa shape index (κ3) is 5.15. The second kappa shape index (κ2) is 8.63. The van der Waals surface area contributed by atoms with Gasteiger partial charge >= 0.3 is 5.97 Å². The Labute approximate surface area is 157 Å². The van der Waals surface area contributed by atoms with Gasteiger partial charge in [-0.15, -0.1) is 11.8 Å². The number of anilines is 1. The molecule has 0 radical (unpaired) electrons. The lowest BCUT2D eigenvalue weighted by Gasteiger charge is -2.16. The molecule has 0 aliphatic carbocycles. The molecule has 0 amide bonds. The molecule has 2 aromatic rings. The standard InChI is InChI=1S/C16H15F3N2O4S2/c17-11-12(18)16(27(20,24)25)14(21-8-9-4-2-1-3-5-9)13(19)15(11)26-7-6-10(22)23/h1-5,21H,6-8H2,(H,22,23)(H2,20,24,25). The van der Waals surface area contributed by atoms with Crippen LogP contribution in [-0.2, 0) is 21.4 Å². The molecule has 0 aromatic heterocycles. The number of sulfonamides is 1. The molecular weight excluding hydrogens is 405 g/mol. The molecular formula is C16H15F3N2O4S2. The summed E-state index contributed by atoms with van der Waals surface area (Å²) in [6.07, 6.45) is -0.422. The normalized spacial score (nSPS) is 11.4. The number of nitrogens with two attached hydrogens (primary N) is 1. The number of hydrogen-bond donors (Lipinski definition) is 3. The highest BCUT2D eigenvalue weighted by molar-refractivity contribution is 7.99. The first-order valence-electron chi connectivity index (χ1n) is 7.48. The summed E-state index contributed by atoms with van der Waals surface area (Å²) in [7, 11) is -4.79. The van der Waals surface area contributed by atoms with Crippen LogP contribution in [-0.4, -0.2) is 25.2 Å². The van der Waals surface area contributed by atoms with E-state index in [1.54, 1.807) is 30.3 Å². The summed E-state index contributed by atoms with van der Waals surface area (Å²) < 4.78 is 66.7. The molecule has 2 rings (SSSR count). The molecule has 0 spiro atoms. The predicted octanol–water partition coefficient (Wildman–Crippen LogP) is 2.93. The number of carboxylic acid groups (broad SMARTS) is 1.